The summed E-state index contributed by atoms with van der Waals surface area (Å²) in [6, 6.07) is 6.43. The number of rotatable bonds is 1. The fraction of sp³-hybridized carbons (Fsp3) is 0.400. The Hall–Kier alpha value is -1.09. The quantitative estimate of drug-likeness (QED) is 0.689. The maximum absolute atomic E-state index is 14.1. The molecular formula is C10H12FNO. The third kappa shape index (κ3) is 1.52. The summed E-state index contributed by atoms with van der Waals surface area (Å²) in [5.74, 6) is 0.126. The van der Waals surface area contributed by atoms with Gasteiger partial charge >= 0.3 is 0 Å². The highest BCUT2D eigenvalue weighted by atomic mass is 19.1. The van der Waals surface area contributed by atoms with Crippen LogP contribution < -0.4 is 5.32 Å². The van der Waals surface area contributed by atoms with Crippen LogP contribution in [0.25, 0.3) is 0 Å². The number of alkyl halides is 1. The minimum absolute atomic E-state index is 0.126. The zero-order chi connectivity index (χ0) is 9.31. The van der Waals surface area contributed by atoms with Crippen molar-refractivity contribution < 1.29 is 9.50 Å². The van der Waals surface area contributed by atoms with Gasteiger partial charge < -0.3 is 10.4 Å². The molecule has 2 N–H and O–H groups in total. The van der Waals surface area contributed by atoms with Gasteiger partial charge in [0, 0.05) is 6.54 Å². The molecule has 1 atom stereocenters. The van der Waals surface area contributed by atoms with Crippen LogP contribution in [0.1, 0.15) is 12.0 Å². The van der Waals surface area contributed by atoms with Crippen molar-refractivity contribution >= 4 is 0 Å². The van der Waals surface area contributed by atoms with Gasteiger partial charge in [0.15, 0.2) is 0 Å². The Morgan fingerprint density at radius 1 is 1.46 bits per heavy atom. The molecular weight excluding hydrogens is 169 g/mol. The number of phenols is 1. The molecule has 0 saturated carbocycles. The Balaban J connectivity index is 2.33. The standard InChI is InChI=1S/C10H12FNO/c11-10(4-5-12-7-10)8-2-1-3-9(13)6-8/h1-3,6,12-13H,4-5,7H2. The normalized spacial score (nSPS) is 27.8. The predicted octanol–water partition coefficient (Wildman–Crippen LogP) is 1.55. The lowest BCUT2D eigenvalue weighted by Crippen LogP contribution is -2.22. The summed E-state index contributed by atoms with van der Waals surface area (Å²) in [4.78, 5) is 0. The number of hydrogen-bond acceptors (Lipinski definition) is 2. The first kappa shape index (κ1) is 8.51. The maximum atomic E-state index is 14.1. The van der Waals surface area contributed by atoms with E-state index in [0.717, 1.165) is 0 Å². The van der Waals surface area contributed by atoms with Gasteiger partial charge in [-0.3, -0.25) is 0 Å². The van der Waals surface area contributed by atoms with E-state index in [4.69, 9.17) is 0 Å². The van der Waals surface area contributed by atoms with E-state index in [9.17, 15) is 9.50 Å². The summed E-state index contributed by atoms with van der Waals surface area (Å²) in [6.45, 7) is 1.04. The van der Waals surface area contributed by atoms with E-state index in [1.54, 1.807) is 18.2 Å². The summed E-state index contributed by atoms with van der Waals surface area (Å²) in [7, 11) is 0. The zero-order valence-electron chi connectivity index (χ0n) is 7.26. The van der Waals surface area contributed by atoms with E-state index in [1.165, 1.54) is 6.07 Å². The van der Waals surface area contributed by atoms with Gasteiger partial charge in [0.25, 0.3) is 0 Å². The number of aromatic hydroxyl groups is 1. The molecule has 0 spiro atoms. The van der Waals surface area contributed by atoms with Gasteiger partial charge in [0.2, 0.25) is 0 Å². The molecule has 1 aromatic rings. The number of benzene rings is 1. The molecule has 2 rings (SSSR count). The van der Waals surface area contributed by atoms with Crippen LogP contribution in [0.2, 0.25) is 0 Å². The van der Waals surface area contributed by atoms with Crippen molar-refractivity contribution in [3.05, 3.63) is 29.8 Å². The highest BCUT2D eigenvalue weighted by Crippen LogP contribution is 2.33. The average Bonchev–Trinajstić information content (AvgIpc) is 2.54. The van der Waals surface area contributed by atoms with Crippen molar-refractivity contribution in [2.24, 2.45) is 0 Å². The molecule has 1 aliphatic heterocycles. The third-order valence-corrected chi connectivity index (χ3v) is 2.47. The van der Waals surface area contributed by atoms with Crippen molar-refractivity contribution in [2.75, 3.05) is 13.1 Å². The van der Waals surface area contributed by atoms with E-state index in [1.807, 2.05) is 0 Å². The Bertz CT molecular complexity index is 308. The van der Waals surface area contributed by atoms with Crippen molar-refractivity contribution in [2.45, 2.75) is 12.1 Å². The number of hydrogen-bond donors (Lipinski definition) is 2. The molecule has 1 aromatic carbocycles. The van der Waals surface area contributed by atoms with Crippen molar-refractivity contribution in [1.82, 2.24) is 5.32 Å². The summed E-state index contributed by atoms with van der Waals surface area (Å²) in [5.41, 5.74) is -0.726. The first-order valence-electron chi connectivity index (χ1n) is 4.40. The Labute approximate surface area is 76.4 Å². The second-order valence-corrected chi connectivity index (χ2v) is 3.44. The monoisotopic (exact) mass is 181 g/mol. The van der Waals surface area contributed by atoms with Gasteiger partial charge in [-0.25, -0.2) is 4.39 Å². The Morgan fingerprint density at radius 3 is 2.92 bits per heavy atom. The molecule has 1 saturated heterocycles. The van der Waals surface area contributed by atoms with E-state index in [2.05, 4.69) is 5.32 Å². The first-order chi connectivity index (χ1) is 6.21. The zero-order valence-corrected chi connectivity index (χ0v) is 7.26. The van der Waals surface area contributed by atoms with Crippen molar-refractivity contribution in [1.29, 1.82) is 0 Å². The van der Waals surface area contributed by atoms with Crippen LogP contribution in [-0.4, -0.2) is 18.2 Å². The van der Waals surface area contributed by atoms with Crippen LogP contribution in [0.15, 0.2) is 24.3 Å². The molecule has 0 bridgehead atoms. The molecule has 3 heteroatoms. The molecule has 0 aromatic heterocycles. The topological polar surface area (TPSA) is 32.3 Å². The van der Waals surface area contributed by atoms with E-state index in [-0.39, 0.29) is 5.75 Å². The molecule has 0 amide bonds. The van der Waals surface area contributed by atoms with Gasteiger partial charge in [-0.1, -0.05) is 12.1 Å². The highest BCUT2D eigenvalue weighted by Gasteiger charge is 2.35. The van der Waals surface area contributed by atoms with Crippen LogP contribution in [0.4, 0.5) is 4.39 Å². The summed E-state index contributed by atoms with van der Waals surface area (Å²) in [5, 5.41) is 12.2. The van der Waals surface area contributed by atoms with Gasteiger partial charge in [0.1, 0.15) is 11.4 Å². The number of halogens is 1. The van der Waals surface area contributed by atoms with E-state index < -0.39 is 5.67 Å². The second-order valence-electron chi connectivity index (χ2n) is 3.44. The molecule has 13 heavy (non-hydrogen) atoms. The van der Waals surface area contributed by atoms with Crippen molar-refractivity contribution in [3.8, 4) is 5.75 Å². The molecule has 70 valence electrons. The van der Waals surface area contributed by atoms with E-state index >= 15 is 0 Å². The molecule has 0 aliphatic carbocycles. The van der Waals surface area contributed by atoms with Crippen molar-refractivity contribution in [3.63, 3.8) is 0 Å². The molecule has 1 unspecified atom stereocenters. The number of phenolic OH excluding ortho intramolecular Hbond substituents is 1. The number of nitrogens with one attached hydrogen (secondary N) is 1. The van der Waals surface area contributed by atoms with Crippen LogP contribution in [0.3, 0.4) is 0 Å². The fourth-order valence-electron chi connectivity index (χ4n) is 1.69. The van der Waals surface area contributed by atoms with Gasteiger partial charge in [-0.15, -0.1) is 0 Å². The van der Waals surface area contributed by atoms with Crippen LogP contribution in [0, 0.1) is 0 Å². The van der Waals surface area contributed by atoms with Crippen LogP contribution in [0.5, 0.6) is 5.75 Å². The lowest BCUT2D eigenvalue weighted by Gasteiger charge is -2.18. The Kier molecular flexibility index (Phi) is 1.96. The molecule has 1 aliphatic rings. The molecule has 1 heterocycles. The van der Waals surface area contributed by atoms with E-state index in [0.29, 0.717) is 25.1 Å². The molecule has 0 radical (unpaired) electrons. The minimum atomic E-state index is -1.29. The maximum Gasteiger partial charge on any atom is 0.149 e. The predicted molar refractivity (Wildman–Crippen MR) is 48.4 cm³/mol. The first-order valence-corrected chi connectivity index (χ1v) is 4.40. The summed E-state index contributed by atoms with van der Waals surface area (Å²) in [6.07, 6.45) is 0.483. The van der Waals surface area contributed by atoms with Gasteiger partial charge in [-0.2, -0.15) is 0 Å². The third-order valence-electron chi connectivity index (χ3n) is 2.47. The SMILES string of the molecule is Oc1cccc(C2(F)CCNC2)c1. The van der Waals surface area contributed by atoms with Gasteiger partial charge in [-0.05, 0) is 30.7 Å². The highest BCUT2D eigenvalue weighted by molar-refractivity contribution is 5.32. The van der Waals surface area contributed by atoms with Crippen LogP contribution >= 0.6 is 0 Å². The largest absolute Gasteiger partial charge is 0.508 e. The second kappa shape index (κ2) is 3.00. The van der Waals surface area contributed by atoms with Crippen LogP contribution in [-0.2, 0) is 5.67 Å². The molecule has 1 fully saturated rings. The smallest absolute Gasteiger partial charge is 0.149 e. The summed E-state index contributed by atoms with van der Waals surface area (Å²) >= 11 is 0. The lowest BCUT2D eigenvalue weighted by atomic mass is 9.95. The Morgan fingerprint density at radius 2 is 2.31 bits per heavy atom. The van der Waals surface area contributed by atoms with Gasteiger partial charge in [0.05, 0.1) is 0 Å². The lowest BCUT2D eigenvalue weighted by molar-refractivity contribution is 0.193. The summed E-state index contributed by atoms with van der Waals surface area (Å²) < 4.78 is 14.1. The average molecular weight is 181 g/mol. The fourth-order valence-corrected chi connectivity index (χ4v) is 1.69. The minimum Gasteiger partial charge on any atom is -0.508 e. The molecule has 2 nitrogen and oxygen atoms in total.